The fourth-order valence-corrected chi connectivity index (χ4v) is 2.42. The average molecular weight is 299 g/mol. The molecular weight excluding hydrogens is 289 g/mol. The van der Waals surface area contributed by atoms with E-state index >= 15 is 0 Å². The number of rotatable bonds is 1. The van der Waals surface area contributed by atoms with Gasteiger partial charge in [-0.2, -0.15) is 0 Å². The fourth-order valence-electron chi connectivity index (χ4n) is 2.42. The molecule has 2 heterocycles. The molecular formula is C16H10FNO4. The van der Waals surface area contributed by atoms with Gasteiger partial charge in [0.05, 0.1) is 11.1 Å². The van der Waals surface area contributed by atoms with Crippen LogP contribution in [0.5, 0.6) is 11.5 Å². The second kappa shape index (κ2) is 4.49. The molecule has 0 radical (unpaired) electrons. The lowest BCUT2D eigenvalue weighted by Crippen LogP contribution is -2.01. The first-order chi connectivity index (χ1) is 10.6. The normalized spacial score (nSPS) is 12.8. The lowest BCUT2D eigenvalue weighted by molar-refractivity contribution is 0.174. The van der Waals surface area contributed by atoms with E-state index in [9.17, 15) is 9.18 Å². The molecule has 6 heteroatoms. The topological polar surface area (TPSA) is 74.7 Å². The number of fused-ring (bicyclic) bond motifs is 3. The van der Waals surface area contributed by atoms with Crippen molar-refractivity contribution < 1.29 is 18.3 Å². The van der Waals surface area contributed by atoms with E-state index in [4.69, 9.17) is 19.6 Å². The molecule has 0 unspecified atom stereocenters. The Morgan fingerprint density at radius 3 is 2.77 bits per heavy atom. The van der Waals surface area contributed by atoms with Crippen LogP contribution in [0.2, 0.25) is 0 Å². The number of hydrogen-bond donors (Lipinski definition) is 1. The van der Waals surface area contributed by atoms with Crippen LogP contribution >= 0.6 is 0 Å². The number of benzene rings is 2. The Balaban J connectivity index is 1.99. The van der Waals surface area contributed by atoms with Gasteiger partial charge in [-0.15, -0.1) is 0 Å². The van der Waals surface area contributed by atoms with Crippen molar-refractivity contribution in [1.29, 1.82) is 0 Å². The number of nitrogens with two attached hydrogens (primary N) is 1. The highest BCUT2D eigenvalue weighted by molar-refractivity contribution is 5.87. The van der Waals surface area contributed by atoms with Gasteiger partial charge in [0.25, 0.3) is 0 Å². The highest BCUT2D eigenvalue weighted by Gasteiger charge is 2.21. The summed E-state index contributed by atoms with van der Waals surface area (Å²) in [6.07, 6.45) is 0. The molecule has 4 rings (SSSR count). The van der Waals surface area contributed by atoms with E-state index in [1.54, 1.807) is 12.1 Å². The second-order valence-electron chi connectivity index (χ2n) is 4.89. The highest BCUT2D eigenvalue weighted by atomic mass is 19.1. The number of nitrogen functional groups attached to an aromatic ring is 1. The van der Waals surface area contributed by atoms with Crippen LogP contribution in [0.25, 0.3) is 22.3 Å². The molecule has 0 amide bonds. The lowest BCUT2D eigenvalue weighted by atomic mass is 10.1. The average Bonchev–Trinajstić information content (AvgIpc) is 2.99. The monoisotopic (exact) mass is 299 g/mol. The highest BCUT2D eigenvalue weighted by Crippen LogP contribution is 2.39. The molecule has 0 saturated heterocycles. The Morgan fingerprint density at radius 1 is 1.09 bits per heavy atom. The van der Waals surface area contributed by atoms with Crippen LogP contribution in [0.15, 0.2) is 45.6 Å². The summed E-state index contributed by atoms with van der Waals surface area (Å²) in [5, 5.41) is 0.392. The van der Waals surface area contributed by atoms with Gasteiger partial charge in [-0.3, -0.25) is 4.79 Å². The van der Waals surface area contributed by atoms with Gasteiger partial charge in [0.1, 0.15) is 11.6 Å². The van der Waals surface area contributed by atoms with Crippen molar-refractivity contribution >= 4 is 16.7 Å². The van der Waals surface area contributed by atoms with Gasteiger partial charge in [0.2, 0.25) is 12.5 Å². The molecule has 0 saturated carbocycles. The Labute approximate surface area is 123 Å². The van der Waals surface area contributed by atoms with Crippen LogP contribution in [-0.2, 0) is 0 Å². The zero-order chi connectivity index (χ0) is 15.3. The number of halogens is 1. The quantitative estimate of drug-likeness (QED) is 0.699. The van der Waals surface area contributed by atoms with Gasteiger partial charge in [-0.1, -0.05) is 0 Å². The van der Waals surface area contributed by atoms with Crippen molar-refractivity contribution in [3.8, 4) is 22.8 Å². The minimum Gasteiger partial charge on any atom is -0.453 e. The summed E-state index contributed by atoms with van der Waals surface area (Å²) < 4.78 is 29.7. The molecule has 110 valence electrons. The van der Waals surface area contributed by atoms with E-state index in [1.807, 2.05) is 0 Å². The summed E-state index contributed by atoms with van der Waals surface area (Å²) in [6.45, 7) is 0.0753. The van der Waals surface area contributed by atoms with Crippen molar-refractivity contribution in [2.75, 3.05) is 12.5 Å². The van der Waals surface area contributed by atoms with Crippen molar-refractivity contribution in [2.45, 2.75) is 0 Å². The first-order valence-corrected chi connectivity index (χ1v) is 6.55. The Kier molecular flexibility index (Phi) is 2.59. The molecule has 0 aliphatic carbocycles. The van der Waals surface area contributed by atoms with Gasteiger partial charge in [-0.25, -0.2) is 4.39 Å². The first kappa shape index (κ1) is 12.7. The van der Waals surface area contributed by atoms with Crippen LogP contribution < -0.4 is 20.6 Å². The van der Waals surface area contributed by atoms with Crippen molar-refractivity contribution in [3.05, 3.63) is 52.4 Å². The molecule has 5 nitrogen and oxygen atoms in total. The predicted octanol–water partition coefficient (Wildman–Crippen LogP) is 2.91. The van der Waals surface area contributed by atoms with E-state index in [1.165, 1.54) is 24.3 Å². The molecule has 0 fully saturated rings. The third kappa shape index (κ3) is 1.81. The number of hydrogen-bond acceptors (Lipinski definition) is 5. The molecule has 0 bridgehead atoms. The van der Waals surface area contributed by atoms with Crippen LogP contribution in [-0.4, -0.2) is 6.79 Å². The fraction of sp³-hybridized carbons (Fsp3) is 0.0625. The minimum absolute atomic E-state index is 0.0156. The Hall–Kier alpha value is -3.02. The summed E-state index contributed by atoms with van der Waals surface area (Å²) in [6, 6.07) is 8.77. The van der Waals surface area contributed by atoms with Crippen LogP contribution in [0.1, 0.15) is 0 Å². The third-order valence-electron chi connectivity index (χ3n) is 3.51. The molecule has 3 aromatic rings. The molecule has 22 heavy (non-hydrogen) atoms. The summed E-state index contributed by atoms with van der Waals surface area (Å²) in [4.78, 5) is 12.3. The molecule has 0 spiro atoms. The largest absolute Gasteiger partial charge is 0.453 e. The summed E-state index contributed by atoms with van der Waals surface area (Å²) in [7, 11) is 0. The number of ether oxygens (including phenoxy) is 2. The molecule has 1 aliphatic heterocycles. The standard InChI is InChI=1S/C16H10FNO4/c17-10-3-1-8(5-11(10)18)14-6-12(19)9-2-4-13-16(15(9)22-14)21-7-20-13/h1-6H,7,18H2. The summed E-state index contributed by atoms with van der Waals surface area (Å²) in [5.74, 6) is 0.676. The zero-order valence-corrected chi connectivity index (χ0v) is 11.3. The van der Waals surface area contributed by atoms with Crippen LogP contribution in [0.4, 0.5) is 10.1 Å². The summed E-state index contributed by atoms with van der Waals surface area (Å²) in [5.41, 5.74) is 6.13. The van der Waals surface area contributed by atoms with Gasteiger partial charge >= 0.3 is 0 Å². The maximum Gasteiger partial charge on any atom is 0.231 e. The lowest BCUT2D eigenvalue weighted by Gasteiger charge is -2.06. The minimum atomic E-state index is -0.524. The zero-order valence-electron chi connectivity index (χ0n) is 11.3. The van der Waals surface area contributed by atoms with E-state index < -0.39 is 5.82 Å². The maximum atomic E-state index is 13.3. The smallest absolute Gasteiger partial charge is 0.231 e. The van der Waals surface area contributed by atoms with Gasteiger partial charge in [-0.05, 0) is 30.3 Å². The predicted molar refractivity (Wildman–Crippen MR) is 78.4 cm³/mol. The molecule has 0 atom stereocenters. The van der Waals surface area contributed by atoms with Gasteiger partial charge < -0.3 is 19.6 Å². The van der Waals surface area contributed by atoms with Crippen molar-refractivity contribution in [2.24, 2.45) is 0 Å². The van der Waals surface area contributed by atoms with Gasteiger partial charge in [0, 0.05) is 11.6 Å². The number of anilines is 1. The van der Waals surface area contributed by atoms with Gasteiger partial charge in [0.15, 0.2) is 16.8 Å². The third-order valence-corrected chi connectivity index (χ3v) is 3.51. The second-order valence-corrected chi connectivity index (χ2v) is 4.89. The Bertz CT molecular complexity index is 964. The SMILES string of the molecule is Nc1cc(-c2cc(=O)c3ccc4c(c3o2)OCO4)ccc1F. The van der Waals surface area contributed by atoms with E-state index in [2.05, 4.69) is 0 Å². The summed E-state index contributed by atoms with van der Waals surface area (Å²) >= 11 is 0. The van der Waals surface area contributed by atoms with E-state index in [0.29, 0.717) is 28.0 Å². The van der Waals surface area contributed by atoms with Crippen molar-refractivity contribution in [3.63, 3.8) is 0 Å². The van der Waals surface area contributed by atoms with Crippen LogP contribution in [0, 0.1) is 5.82 Å². The van der Waals surface area contributed by atoms with E-state index in [-0.39, 0.29) is 23.7 Å². The molecule has 2 N–H and O–H groups in total. The Morgan fingerprint density at radius 2 is 1.95 bits per heavy atom. The maximum absolute atomic E-state index is 13.3. The van der Waals surface area contributed by atoms with Crippen molar-refractivity contribution in [1.82, 2.24) is 0 Å². The molecule has 1 aromatic heterocycles. The molecule has 1 aliphatic rings. The van der Waals surface area contributed by atoms with E-state index in [0.717, 1.165) is 0 Å². The molecule has 2 aromatic carbocycles. The first-order valence-electron chi connectivity index (χ1n) is 6.55. The van der Waals surface area contributed by atoms with Crippen LogP contribution in [0.3, 0.4) is 0 Å².